The van der Waals surface area contributed by atoms with Crippen LogP contribution in [0.3, 0.4) is 0 Å². The number of H-pyrrole nitrogens is 1. The van der Waals surface area contributed by atoms with Gasteiger partial charge in [-0.05, 0) is 42.3 Å². The fourth-order valence-corrected chi connectivity index (χ4v) is 3.29. The van der Waals surface area contributed by atoms with Crippen LogP contribution in [0.15, 0.2) is 56.1 Å². The number of hydrogen-bond donors (Lipinski definition) is 2. The van der Waals surface area contributed by atoms with Gasteiger partial charge in [0.05, 0.1) is 13.2 Å². The maximum Gasteiger partial charge on any atom is 0.294 e. The first-order chi connectivity index (χ1) is 12.5. The normalized spacial score (nSPS) is 12.6. The van der Waals surface area contributed by atoms with Gasteiger partial charge in [-0.1, -0.05) is 28.1 Å². The first kappa shape index (κ1) is 16.8. The van der Waals surface area contributed by atoms with Crippen LogP contribution in [0.5, 0.6) is 5.75 Å². The summed E-state index contributed by atoms with van der Waals surface area (Å²) in [6.07, 6.45) is 0.540. The summed E-state index contributed by atoms with van der Waals surface area (Å²) in [4.78, 5) is 19.7. The Kier molecular flexibility index (Phi) is 4.26. The third-order valence-corrected chi connectivity index (χ3v) is 4.76. The number of methoxy groups -OCH3 is 1. The molecule has 0 bridgehead atoms. The molecule has 0 saturated heterocycles. The van der Waals surface area contributed by atoms with Gasteiger partial charge in [-0.3, -0.25) is 4.79 Å². The van der Waals surface area contributed by atoms with Gasteiger partial charge in [-0.25, -0.2) is 4.98 Å². The molecule has 26 heavy (non-hydrogen) atoms. The molecular weight excluding hydrogens is 398 g/mol. The number of nitrogens with two attached hydrogens (primary N) is 1. The number of furan rings is 1. The zero-order valence-corrected chi connectivity index (χ0v) is 15.5. The van der Waals surface area contributed by atoms with Gasteiger partial charge in [0.2, 0.25) is 5.58 Å². The van der Waals surface area contributed by atoms with Crippen molar-refractivity contribution in [2.24, 2.45) is 5.73 Å². The van der Waals surface area contributed by atoms with E-state index in [2.05, 4.69) is 25.9 Å². The first-order valence-corrected chi connectivity index (χ1v) is 8.85. The molecule has 0 fully saturated rings. The van der Waals surface area contributed by atoms with Gasteiger partial charge in [0.15, 0.2) is 0 Å². The van der Waals surface area contributed by atoms with Crippen LogP contribution in [-0.4, -0.2) is 17.1 Å². The molecule has 3 N–H and O–H groups in total. The molecule has 2 aromatic carbocycles. The van der Waals surface area contributed by atoms with Gasteiger partial charge in [0.25, 0.3) is 5.56 Å². The summed E-state index contributed by atoms with van der Waals surface area (Å²) in [6.45, 7) is 0. The number of halogens is 1. The van der Waals surface area contributed by atoms with Gasteiger partial charge >= 0.3 is 0 Å². The minimum Gasteiger partial charge on any atom is -0.497 e. The molecule has 0 saturated carbocycles. The lowest BCUT2D eigenvalue weighted by molar-refractivity contribution is 0.414. The van der Waals surface area contributed by atoms with Crippen molar-refractivity contribution >= 4 is 38.0 Å². The molecule has 6 nitrogen and oxygen atoms in total. The Balaban J connectivity index is 1.74. The number of nitrogens with one attached hydrogen (secondary N) is 1. The summed E-state index contributed by atoms with van der Waals surface area (Å²) in [5, 5.41) is 0.776. The van der Waals surface area contributed by atoms with E-state index in [4.69, 9.17) is 14.9 Å². The fraction of sp³-hybridized carbons (Fsp3) is 0.158. The molecular formula is C19H16BrN3O3. The summed E-state index contributed by atoms with van der Waals surface area (Å²) in [6, 6.07) is 12.7. The second kappa shape index (κ2) is 6.59. The molecule has 1 unspecified atom stereocenters. The Bertz CT molecular complexity index is 1150. The number of ether oxygens (including phenoxy) is 1. The average molecular weight is 414 g/mol. The van der Waals surface area contributed by atoms with E-state index in [-0.39, 0.29) is 11.1 Å². The Morgan fingerprint density at radius 3 is 2.77 bits per heavy atom. The summed E-state index contributed by atoms with van der Waals surface area (Å²) >= 11 is 3.43. The molecule has 2 aromatic heterocycles. The van der Waals surface area contributed by atoms with Crippen molar-refractivity contribution < 1.29 is 9.15 Å². The smallest absolute Gasteiger partial charge is 0.294 e. The Morgan fingerprint density at radius 1 is 1.27 bits per heavy atom. The largest absolute Gasteiger partial charge is 0.497 e. The molecule has 132 valence electrons. The van der Waals surface area contributed by atoms with E-state index in [0.29, 0.717) is 23.3 Å². The Labute approximate surface area is 157 Å². The van der Waals surface area contributed by atoms with Gasteiger partial charge in [0, 0.05) is 9.86 Å². The van der Waals surface area contributed by atoms with E-state index < -0.39 is 6.04 Å². The number of fused-ring (bicyclic) bond motifs is 3. The lowest BCUT2D eigenvalue weighted by atomic mass is 10.1. The molecule has 1 atom stereocenters. The van der Waals surface area contributed by atoms with Crippen molar-refractivity contribution in [2.45, 2.75) is 12.5 Å². The molecule has 0 amide bonds. The lowest BCUT2D eigenvalue weighted by Crippen LogP contribution is -2.21. The SMILES string of the molecule is COc1ccc(CC(N)c2nc3c(oc4ccc(Br)cc43)c(=O)[nH]2)cc1. The minimum absolute atomic E-state index is 0.207. The average Bonchev–Trinajstić information content (AvgIpc) is 3.01. The maximum atomic E-state index is 12.4. The van der Waals surface area contributed by atoms with Crippen molar-refractivity contribution in [3.63, 3.8) is 0 Å². The van der Waals surface area contributed by atoms with E-state index in [1.54, 1.807) is 13.2 Å². The maximum absolute atomic E-state index is 12.4. The van der Waals surface area contributed by atoms with Crippen LogP contribution in [0, 0.1) is 0 Å². The van der Waals surface area contributed by atoms with E-state index in [0.717, 1.165) is 21.2 Å². The summed E-state index contributed by atoms with van der Waals surface area (Å²) in [5.74, 6) is 1.21. The summed E-state index contributed by atoms with van der Waals surface area (Å²) in [5.41, 5.74) is 8.33. The van der Waals surface area contributed by atoms with Crippen molar-refractivity contribution in [1.29, 1.82) is 0 Å². The molecule has 0 aliphatic heterocycles. The second-order valence-electron chi connectivity index (χ2n) is 6.03. The van der Waals surface area contributed by atoms with Crippen LogP contribution in [0.1, 0.15) is 17.4 Å². The van der Waals surface area contributed by atoms with Crippen molar-refractivity contribution in [3.8, 4) is 5.75 Å². The van der Waals surface area contributed by atoms with Gasteiger partial charge < -0.3 is 19.9 Å². The van der Waals surface area contributed by atoms with Crippen LogP contribution in [0.4, 0.5) is 0 Å². The first-order valence-electron chi connectivity index (χ1n) is 8.05. The molecule has 0 spiro atoms. The summed E-state index contributed by atoms with van der Waals surface area (Å²) < 4.78 is 11.7. The minimum atomic E-state index is -0.447. The Morgan fingerprint density at radius 2 is 2.04 bits per heavy atom. The molecule has 4 aromatic rings. The molecule has 4 rings (SSSR count). The quantitative estimate of drug-likeness (QED) is 0.531. The highest BCUT2D eigenvalue weighted by molar-refractivity contribution is 9.10. The number of rotatable bonds is 4. The molecule has 0 radical (unpaired) electrons. The highest BCUT2D eigenvalue weighted by atomic mass is 79.9. The van der Waals surface area contributed by atoms with Crippen LogP contribution in [0.2, 0.25) is 0 Å². The highest BCUT2D eigenvalue weighted by Crippen LogP contribution is 2.28. The zero-order valence-electron chi connectivity index (χ0n) is 14.0. The van der Waals surface area contributed by atoms with Crippen LogP contribution < -0.4 is 16.0 Å². The standard InChI is InChI=1S/C19H16BrN3O3/c1-25-12-5-2-10(3-6-12)8-14(21)18-22-16-13-9-11(20)4-7-15(13)26-17(16)19(24)23-18/h2-7,9,14H,8,21H2,1H3,(H,22,23,24). The third kappa shape index (κ3) is 3.00. The van der Waals surface area contributed by atoms with E-state index in [1.807, 2.05) is 36.4 Å². The topological polar surface area (TPSA) is 94.1 Å². The molecule has 0 aliphatic carbocycles. The zero-order chi connectivity index (χ0) is 18.3. The number of hydrogen-bond acceptors (Lipinski definition) is 5. The van der Waals surface area contributed by atoms with E-state index >= 15 is 0 Å². The van der Waals surface area contributed by atoms with Crippen molar-refractivity contribution in [1.82, 2.24) is 9.97 Å². The molecule has 7 heteroatoms. The lowest BCUT2D eigenvalue weighted by Gasteiger charge is -2.11. The number of nitrogens with zero attached hydrogens (tertiary/aromatic N) is 1. The number of benzene rings is 2. The van der Waals surface area contributed by atoms with Gasteiger partial charge in [0.1, 0.15) is 22.7 Å². The predicted octanol–water partition coefficient (Wildman–Crippen LogP) is 3.68. The summed E-state index contributed by atoms with van der Waals surface area (Å²) in [7, 11) is 1.62. The second-order valence-corrected chi connectivity index (χ2v) is 6.95. The van der Waals surface area contributed by atoms with E-state index in [9.17, 15) is 4.79 Å². The van der Waals surface area contributed by atoms with Crippen LogP contribution >= 0.6 is 15.9 Å². The highest BCUT2D eigenvalue weighted by Gasteiger charge is 2.17. The predicted molar refractivity (Wildman–Crippen MR) is 103 cm³/mol. The van der Waals surface area contributed by atoms with Crippen LogP contribution in [-0.2, 0) is 6.42 Å². The fourth-order valence-electron chi connectivity index (χ4n) is 2.93. The Hall–Kier alpha value is -2.64. The number of aromatic amines is 1. The van der Waals surface area contributed by atoms with E-state index in [1.165, 1.54) is 0 Å². The van der Waals surface area contributed by atoms with Crippen LogP contribution in [0.25, 0.3) is 22.1 Å². The number of aromatic nitrogens is 2. The van der Waals surface area contributed by atoms with Crippen molar-refractivity contribution in [3.05, 3.63) is 68.7 Å². The van der Waals surface area contributed by atoms with Gasteiger partial charge in [-0.2, -0.15) is 0 Å². The van der Waals surface area contributed by atoms with Crippen molar-refractivity contribution in [2.75, 3.05) is 7.11 Å². The third-order valence-electron chi connectivity index (χ3n) is 4.27. The molecule has 2 heterocycles. The monoisotopic (exact) mass is 413 g/mol. The van der Waals surface area contributed by atoms with Gasteiger partial charge in [-0.15, -0.1) is 0 Å². The molecule has 0 aliphatic rings.